The van der Waals surface area contributed by atoms with Gasteiger partial charge in [0.1, 0.15) is 48.3 Å². The van der Waals surface area contributed by atoms with Crippen molar-refractivity contribution in [2.24, 2.45) is 51.4 Å². The minimum Gasteiger partial charge on any atom is -0.481 e. The van der Waals surface area contributed by atoms with E-state index in [0.29, 0.717) is 12.0 Å². The molecular weight excluding hydrogens is 1210 g/mol. The van der Waals surface area contributed by atoms with Crippen molar-refractivity contribution in [3.8, 4) is 0 Å². The van der Waals surface area contributed by atoms with E-state index >= 15 is 0 Å². The summed E-state index contributed by atoms with van der Waals surface area (Å²) in [5.41, 5.74) is 31.3. The normalized spacial score (nSPS) is 14.5. The highest BCUT2D eigenvalue weighted by Crippen LogP contribution is 2.22. The van der Waals surface area contributed by atoms with Crippen molar-refractivity contribution in [1.82, 2.24) is 57.8 Å². The molecule has 4 aromatic rings. The van der Waals surface area contributed by atoms with Crippen LogP contribution >= 0.6 is 0 Å². The van der Waals surface area contributed by atoms with Crippen molar-refractivity contribution in [2.45, 2.75) is 167 Å². The smallest absolute Gasteiger partial charge is 0.326 e. The number of amides is 11. The number of nitrogens with one attached hydrogen (secondary N) is 11. The van der Waals surface area contributed by atoms with Gasteiger partial charge in [0.15, 0.2) is 5.96 Å². The number of aliphatic carboxylic acids is 2. The summed E-state index contributed by atoms with van der Waals surface area (Å²) in [6, 6.07) is 1.40. The van der Waals surface area contributed by atoms with Gasteiger partial charge >= 0.3 is 11.9 Å². The van der Waals surface area contributed by atoms with Crippen LogP contribution in [0.5, 0.6) is 0 Å². The van der Waals surface area contributed by atoms with Gasteiger partial charge in [0.2, 0.25) is 65.0 Å². The number of benzene rings is 2. The first kappa shape index (κ1) is 75.3. The zero-order valence-electron chi connectivity index (χ0n) is 52.9. The van der Waals surface area contributed by atoms with Crippen molar-refractivity contribution in [1.29, 1.82) is 0 Å². The van der Waals surface area contributed by atoms with Crippen LogP contribution in [0.2, 0.25) is 0 Å². The average molecular weight is 1300 g/mol. The molecule has 0 saturated carbocycles. The second kappa shape index (κ2) is 36.6. The van der Waals surface area contributed by atoms with Crippen molar-refractivity contribution in [2.75, 3.05) is 13.1 Å². The number of carbonyl (C=O) groups is 13. The molecular formula is C61H89N17O15. The van der Waals surface area contributed by atoms with Crippen molar-refractivity contribution < 1.29 is 72.5 Å². The Morgan fingerprint density at radius 1 is 0.527 bits per heavy atom. The zero-order chi connectivity index (χ0) is 69.2. The third-order valence-corrected chi connectivity index (χ3v) is 15.2. The molecule has 0 fully saturated rings. The fourth-order valence-electron chi connectivity index (χ4n) is 9.95. The molecule has 4 rings (SSSR count). The van der Waals surface area contributed by atoms with E-state index in [2.05, 4.69) is 62.8 Å². The molecule has 0 aliphatic rings. The lowest BCUT2D eigenvalue weighted by Gasteiger charge is -2.29. The van der Waals surface area contributed by atoms with Crippen LogP contribution in [0.1, 0.15) is 110 Å². The fraction of sp³-hybridized carbons (Fsp3) is 0.508. The molecule has 0 bridgehead atoms. The van der Waals surface area contributed by atoms with Gasteiger partial charge in [0.25, 0.3) is 0 Å². The number of hydrogen-bond donors (Lipinski definition) is 18. The molecule has 2 aromatic heterocycles. The first-order chi connectivity index (χ1) is 43.9. The summed E-state index contributed by atoms with van der Waals surface area (Å²) in [6.07, 6.45) is 0.437. The summed E-state index contributed by atoms with van der Waals surface area (Å²) < 4.78 is 0. The van der Waals surface area contributed by atoms with Crippen LogP contribution < -0.4 is 76.5 Å². The van der Waals surface area contributed by atoms with Crippen LogP contribution in [0, 0.1) is 17.8 Å². The predicted molar refractivity (Wildman–Crippen MR) is 341 cm³/mol. The Kier molecular flexibility index (Phi) is 29.7. The van der Waals surface area contributed by atoms with Gasteiger partial charge in [-0.05, 0) is 79.5 Å². The molecule has 10 atom stereocenters. The second-order valence-electron chi connectivity index (χ2n) is 23.5. The van der Waals surface area contributed by atoms with Crippen molar-refractivity contribution >= 4 is 105 Å². The van der Waals surface area contributed by atoms with Crippen LogP contribution in [0.3, 0.4) is 0 Å². The van der Waals surface area contributed by atoms with E-state index in [-0.39, 0.29) is 50.5 Å². The molecule has 0 spiro atoms. The van der Waals surface area contributed by atoms with Gasteiger partial charge in [-0.2, -0.15) is 0 Å². The predicted octanol–water partition coefficient (Wildman–Crippen LogP) is -2.35. The van der Waals surface area contributed by atoms with Crippen molar-refractivity contribution in [3.05, 3.63) is 72.1 Å². The molecule has 0 aliphatic carbocycles. The third kappa shape index (κ3) is 24.5. The number of guanidine groups is 1. The van der Waals surface area contributed by atoms with Gasteiger partial charge in [-0.15, -0.1) is 0 Å². The number of aromatic nitrogens is 2. The van der Waals surface area contributed by atoms with Crippen LogP contribution in [-0.4, -0.2) is 171 Å². The van der Waals surface area contributed by atoms with E-state index in [9.17, 15) is 72.5 Å². The van der Waals surface area contributed by atoms with Crippen LogP contribution in [0.15, 0.2) is 65.9 Å². The SMILES string of the molecule is CC[C@H](C)[C@H](NC(=O)[C@H](CCC(=O)O)NC(=O)[C@H](CCCN=C(N)N)NC(=O)CNC(=O)[C@H](CCC(N)=O)NC(=O)[C@H](CC(N)=O)NC(=O)[C@H](CC(C)C)NC(=O)[C@H](Cc1c[nH]c2ccccc12)NC(=O)[C@@H](N)Cc1c[nH]c2ccccc12)C(=O)N[C@H](C(=O)O)C(C)C. The lowest BCUT2D eigenvalue weighted by Crippen LogP contribution is -2.60. The summed E-state index contributed by atoms with van der Waals surface area (Å²) in [4.78, 5) is 184. The van der Waals surface area contributed by atoms with Gasteiger partial charge in [-0.25, -0.2) is 4.79 Å². The topological polar surface area (TPSA) is 545 Å². The number of carboxylic acids is 2. The van der Waals surface area contributed by atoms with Gasteiger partial charge in [-0.1, -0.05) is 84.4 Å². The van der Waals surface area contributed by atoms with E-state index in [0.717, 1.165) is 27.4 Å². The molecule has 0 aliphatic heterocycles. The number of nitrogens with zero attached hydrogens (tertiary/aromatic N) is 1. The molecule has 32 nitrogen and oxygen atoms in total. The summed E-state index contributed by atoms with van der Waals surface area (Å²) in [5, 5.41) is 43.2. The highest BCUT2D eigenvalue weighted by molar-refractivity contribution is 6.00. The number of para-hydroxylation sites is 2. The number of primary amides is 2. The Balaban J connectivity index is 1.54. The third-order valence-electron chi connectivity index (χ3n) is 15.2. The largest absolute Gasteiger partial charge is 0.481 e. The summed E-state index contributed by atoms with van der Waals surface area (Å²) in [5.74, 6) is -15.2. The molecule has 23 N–H and O–H groups in total. The number of fused-ring (bicyclic) bond motifs is 2. The Hall–Kier alpha value is -10.1. The van der Waals surface area contributed by atoms with Gasteiger partial charge in [-0.3, -0.25) is 62.5 Å². The molecule has 0 radical (unpaired) electrons. The maximum Gasteiger partial charge on any atom is 0.326 e. The molecule has 0 saturated heterocycles. The van der Waals surface area contributed by atoms with Crippen molar-refractivity contribution in [3.63, 3.8) is 0 Å². The average Bonchev–Trinajstić information content (AvgIpc) is 1.77. The molecule has 11 amide bonds. The molecule has 2 aromatic carbocycles. The maximum atomic E-state index is 14.5. The Labute approximate surface area is 536 Å². The molecule has 0 unspecified atom stereocenters. The fourth-order valence-corrected chi connectivity index (χ4v) is 9.95. The molecule has 2 heterocycles. The lowest BCUT2D eigenvalue weighted by atomic mass is 9.96. The first-order valence-electron chi connectivity index (χ1n) is 30.5. The van der Waals surface area contributed by atoms with Crippen LogP contribution in [-0.2, 0) is 75.2 Å². The summed E-state index contributed by atoms with van der Waals surface area (Å²) >= 11 is 0. The quantitative estimate of drug-likeness (QED) is 0.0126. The standard InChI is InChI=1S/C61H89N17O15/c1-7-32(6)51(59(91)77-50(31(4)5)60(92)93)78-55(87)42(19-21-49(82)83)73-54(86)40(17-12-22-67-61(65)66)71-48(81)29-70-53(85)41(18-20-46(63)79)72-58(90)45(26-47(64)80)76-56(88)43(23-30(2)3)75-57(89)44(25-34-28-69-39-16-11-9-14-36(34)39)74-52(84)37(62)24-33-27-68-38-15-10-8-13-35(33)38/h8-11,13-16,27-28,30-32,37,40-45,50-51,68-69H,7,12,17-26,29,62H2,1-6H3,(H2,63,79)(H2,64,80)(H,70,85)(H,71,81)(H,72,90)(H,73,86)(H,74,84)(H,75,89)(H,76,88)(H,77,91)(H,78,87)(H,82,83)(H,92,93)(H4,65,66,67)/t32-,37-,40-,41-,42-,43-,44-,45-,50-,51-/m0/s1. The zero-order valence-corrected chi connectivity index (χ0v) is 52.9. The highest BCUT2D eigenvalue weighted by Gasteiger charge is 2.37. The lowest BCUT2D eigenvalue weighted by molar-refractivity contribution is -0.144. The van der Waals surface area contributed by atoms with E-state index in [4.69, 9.17) is 28.7 Å². The van der Waals surface area contributed by atoms with E-state index in [1.54, 1.807) is 60.0 Å². The van der Waals surface area contributed by atoms with Gasteiger partial charge in [0, 0.05) is 60.0 Å². The Bertz CT molecular complexity index is 3340. The number of H-pyrrole nitrogens is 2. The summed E-state index contributed by atoms with van der Waals surface area (Å²) in [7, 11) is 0. The maximum absolute atomic E-state index is 14.5. The van der Waals surface area contributed by atoms with E-state index < -0.39 is 182 Å². The van der Waals surface area contributed by atoms with Gasteiger partial charge < -0.3 is 96.7 Å². The first-order valence-corrected chi connectivity index (χ1v) is 30.5. The Morgan fingerprint density at radius 3 is 1.55 bits per heavy atom. The number of rotatable bonds is 40. The number of carboxylic acid groups (broad SMARTS) is 2. The van der Waals surface area contributed by atoms with Gasteiger partial charge in [0.05, 0.1) is 19.0 Å². The minimum atomic E-state index is -1.83. The number of hydrogen-bond acceptors (Lipinski definition) is 15. The van der Waals surface area contributed by atoms with E-state index in [1.807, 2.05) is 42.5 Å². The number of aliphatic imine (C=N–C) groups is 1. The monoisotopic (exact) mass is 1300 g/mol. The molecule has 93 heavy (non-hydrogen) atoms. The summed E-state index contributed by atoms with van der Waals surface area (Å²) in [6.45, 7) is 8.93. The number of carbonyl (C=O) groups excluding carboxylic acids is 11. The molecule has 508 valence electrons. The van der Waals surface area contributed by atoms with Crippen LogP contribution in [0.25, 0.3) is 21.8 Å². The second-order valence-corrected chi connectivity index (χ2v) is 23.5. The highest BCUT2D eigenvalue weighted by atomic mass is 16.4. The molecule has 32 heteroatoms. The number of aromatic amines is 2. The Morgan fingerprint density at radius 2 is 1.01 bits per heavy atom. The number of nitrogens with two attached hydrogens (primary N) is 5. The van der Waals surface area contributed by atoms with Crippen LogP contribution in [0.4, 0.5) is 0 Å². The minimum absolute atomic E-state index is 0.0215. The van der Waals surface area contributed by atoms with E-state index in [1.165, 1.54) is 0 Å².